The van der Waals surface area contributed by atoms with E-state index in [1.54, 1.807) is 14.2 Å². The summed E-state index contributed by atoms with van der Waals surface area (Å²) in [6.45, 7) is 5.17. The Labute approximate surface area is 147 Å². The van der Waals surface area contributed by atoms with E-state index in [1.165, 1.54) is 22.2 Å². The fourth-order valence-electron chi connectivity index (χ4n) is 3.76. The quantitative estimate of drug-likeness (QED) is 0.789. The number of H-pyrrole nitrogens is 1. The molecule has 0 bridgehead atoms. The Kier molecular flexibility index (Phi) is 4.09. The molecule has 5 nitrogen and oxygen atoms in total. The number of fused-ring (bicyclic) bond motifs is 2. The lowest BCUT2D eigenvalue weighted by molar-refractivity contribution is 0.225. The molecule has 1 N–H and O–H groups in total. The molecule has 0 radical (unpaired) electrons. The van der Waals surface area contributed by atoms with E-state index >= 15 is 0 Å². The van der Waals surface area contributed by atoms with Gasteiger partial charge in [-0.1, -0.05) is 19.1 Å². The second-order valence-corrected chi connectivity index (χ2v) is 6.77. The van der Waals surface area contributed by atoms with Gasteiger partial charge in [0.05, 0.1) is 20.4 Å². The second kappa shape index (κ2) is 6.41. The van der Waals surface area contributed by atoms with Crippen molar-refractivity contribution in [1.29, 1.82) is 0 Å². The summed E-state index contributed by atoms with van der Waals surface area (Å²) in [5, 5.41) is 9.66. The predicted molar refractivity (Wildman–Crippen MR) is 98.2 cm³/mol. The molecule has 25 heavy (non-hydrogen) atoms. The van der Waals surface area contributed by atoms with Crippen molar-refractivity contribution in [3.63, 3.8) is 0 Å². The van der Waals surface area contributed by atoms with Crippen LogP contribution in [-0.2, 0) is 13.1 Å². The molecular formula is C20H23N3O2. The van der Waals surface area contributed by atoms with Crippen LogP contribution in [0.4, 0.5) is 0 Å². The smallest absolute Gasteiger partial charge is 0.161 e. The monoisotopic (exact) mass is 337 g/mol. The predicted octanol–water partition coefficient (Wildman–Crippen LogP) is 3.70. The van der Waals surface area contributed by atoms with Gasteiger partial charge in [-0.15, -0.1) is 0 Å². The molecule has 0 saturated carbocycles. The first kappa shape index (κ1) is 16.0. The highest BCUT2D eigenvalue weighted by molar-refractivity contribution is 5.86. The molecule has 0 fully saturated rings. The summed E-state index contributed by atoms with van der Waals surface area (Å²) in [4.78, 5) is 2.48. The molecule has 0 spiro atoms. The second-order valence-electron chi connectivity index (χ2n) is 6.77. The van der Waals surface area contributed by atoms with Crippen molar-refractivity contribution in [3.8, 4) is 11.5 Å². The van der Waals surface area contributed by atoms with Gasteiger partial charge in [0.25, 0.3) is 0 Å². The van der Waals surface area contributed by atoms with Crippen LogP contribution in [0.5, 0.6) is 11.5 Å². The Balaban J connectivity index is 1.60. The first-order chi connectivity index (χ1) is 12.2. The molecule has 3 aromatic rings. The van der Waals surface area contributed by atoms with Crippen LogP contribution in [0.15, 0.2) is 36.5 Å². The lowest BCUT2D eigenvalue weighted by Gasteiger charge is -2.30. The summed E-state index contributed by atoms with van der Waals surface area (Å²) in [5.41, 5.74) is 3.90. The number of aromatic amines is 1. The number of hydrogen-bond acceptors (Lipinski definition) is 4. The summed E-state index contributed by atoms with van der Waals surface area (Å²) in [6.07, 6.45) is 1.95. The summed E-state index contributed by atoms with van der Waals surface area (Å²) in [7, 11) is 3.34. The standard InChI is InChI=1S/C20H23N3O2/c1-13-10-23(12-17-9-21-22-20(13)17)11-14-4-5-15-7-18(24-2)19(25-3)8-16(15)6-14/h4-9,13H,10-12H2,1-3H3,(H,21,22). The lowest BCUT2D eigenvalue weighted by Crippen LogP contribution is -2.31. The average Bonchev–Trinajstić information content (AvgIpc) is 3.09. The van der Waals surface area contributed by atoms with E-state index in [9.17, 15) is 0 Å². The highest BCUT2D eigenvalue weighted by Gasteiger charge is 2.23. The van der Waals surface area contributed by atoms with Crippen LogP contribution in [0.2, 0.25) is 0 Å². The van der Waals surface area contributed by atoms with Crippen molar-refractivity contribution >= 4 is 10.8 Å². The fraction of sp³-hybridized carbons (Fsp3) is 0.350. The number of rotatable bonds is 4. The maximum Gasteiger partial charge on any atom is 0.161 e. The molecule has 0 saturated heterocycles. The van der Waals surface area contributed by atoms with Crippen LogP contribution in [0.25, 0.3) is 10.8 Å². The van der Waals surface area contributed by atoms with Crippen LogP contribution in [-0.4, -0.2) is 35.9 Å². The van der Waals surface area contributed by atoms with Crippen LogP contribution < -0.4 is 9.47 Å². The molecule has 1 aromatic heterocycles. The minimum Gasteiger partial charge on any atom is -0.493 e. The van der Waals surface area contributed by atoms with Gasteiger partial charge in [-0.25, -0.2) is 0 Å². The number of methoxy groups -OCH3 is 2. The van der Waals surface area contributed by atoms with Crippen molar-refractivity contribution in [1.82, 2.24) is 15.1 Å². The fourth-order valence-corrected chi connectivity index (χ4v) is 3.76. The van der Waals surface area contributed by atoms with Crippen LogP contribution >= 0.6 is 0 Å². The Morgan fingerprint density at radius 2 is 1.88 bits per heavy atom. The molecule has 1 aliphatic heterocycles. The highest BCUT2D eigenvalue weighted by Crippen LogP contribution is 2.33. The van der Waals surface area contributed by atoms with Gasteiger partial charge in [0, 0.05) is 36.8 Å². The maximum atomic E-state index is 5.43. The molecule has 4 rings (SSSR count). The zero-order chi connectivity index (χ0) is 17.4. The molecular weight excluding hydrogens is 314 g/mol. The molecule has 1 unspecified atom stereocenters. The zero-order valence-electron chi connectivity index (χ0n) is 14.9. The number of ether oxygens (including phenoxy) is 2. The molecule has 1 aliphatic rings. The minimum atomic E-state index is 0.482. The molecule has 5 heteroatoms. The largest absolute Gasteiger partial charge is 0.493 e. The van der Waals surface area contributed by atoms with Crippen LogP contribution in [0.1, 0.15) is 29.7 Å². The van der Waals surface area contributed by atoms with Gasteiger partial charge in [0.2, 0.25) is 0 Å². The zero-order valence-corrected chi connectivity index (χ0v) is 14.9. The van der Waals surface area contributed by atoms with Crippen molar-refractivity contribution in [2.24, 2.45) is 0 Å². The van der Waals surface area contributed by atoms with Crippen molar-refractivity contribution in [2.75, 3.05) is 20.8 Å². The molecule has 2 heterocycles. The number of hydrogen-bond donors (Lipinski definition) is 1. The number of benzene rings is 2. The Bertz CT molecular complexity index is 903. The van der Waals surface area contributed by atoms with E-state index in [4.69, 9.17) is 9.47 Å². The van der Waals surface area contributed by atoms with Crippen LogP contribution in [0, 0.1) is 0 Å². The van der Waals surface area contributed by atoms with E-state index in [2.05, 4.69) is 40.2 Å². The molecule has 130 valence electrons. The van der Waals surface area contributed by atoms with Gasteiger partial charge in [-0.2, -0.15) is 5.10 Å². The molecule has 0 aliphatic carbocycles. The van der Waals surface area contributed by atoms with Gasteiger partial charge < -0.3 is 9.47 Å². The molecule has 0 amide bonds. The Morgan fingerprint density at radius 1 is 1.12 bits per heavy atom. The number of aromatic nitrogens is 2. The van der Waals surface area contributed by atoms with Gasteiger partial charge in [0.15, 0.2) is 11.5 Å². The number of nitrogens with zero attached hydrogens (tertiary/aromatic N) is 2. The third-order valence-electron chi connectivity index (χ3n) is 4.98. The third kappa shape index (κ3) is 2.96. The molecule has 2 aromatic carbocycles. The van der Waals surface area contributed by atoms with Gasteiger partial charge in [0.1, 0.15) is 0 Å². The van der Waals surface area contributed by atoms with Crippen molar-refractivity contribution in [2.45, 2.75) is 25.9 Å². The Morgan fingerprint density at radius 3 is 2.64 bits per heavy atom. The van der Waals surface area contributed by atoms with Gasteiger partial charge >= 0.3 is 0 Å². The topological polar surface area (TPSA) is 50.4 Å². The first-order valence-corrected chi connectivity index (χ1v) is 8.57. The van der Waals surface area contributed by atoms with Crippen molar-refractivity contribution < 1.29 is 9.47 Å². The summed E-state index contributed by atoms with van der Waals surface area (Å²) in [5.74, 6) is 2.01. The van der Waals surface area contributed by atoms with E-state index in [-0.39, 0.29) is 0 Å². The summed E-state index contributed by atoms with van der Waals surface area (Å²) >= 11 is 0. The maximum absolute atomic E-state index is 5.43. The van der Waals surface area contributed by atoms with E-state index < -0.39 is 0 Å². The van der Waals surface area contributed by atoms with Crippen LogP contribution in [0.3, 0.4) is 0 Å². The third-order valence-corrected chi connectivity index (χ3v) is 4.98. The SMILES string of the molecule is COc1cc2ccc(CN3Cc4cn[nH]c4C(C)C3)cc2cc1OC. The minimum absolute atomic E-state index is 0.482. The van der Waals surface area contributed by atoms with Gasteiger partial charge in [-0.3, -0.25) is 10.00 Å². The Hall–Kier alpha value is -2.53. The number of nitrogens with one attached hydrogen (secondary N) is 1. The normalized spacial score (nSPS) is 17.5. The van der Waals surface area contributed by atoms with Gasteiger partial charge in [-0.05, 0) is 34.5 Å². The highest BCUT2D eigenvalue weighted by atomic mass is 16.5. The molecule has 1 atom stereocenters. The van der Waals surface area contributed by atoms with E-state index in [1.807, 2.05) is 18.3 Å². The average molecular weight is 337 g/mol. The van der Waals surface area contributed by atoms with Crippen molar-refractivity contribution in [3.05, 3.63) is 53.3 Å². The lowest BCUT2D eigenvalue weighted by atomic mass is 9.97. The van der Waals surface area contributed by atoms with E-state index in [0.29, 0.717) is 5.92 Å². The summed E-state index contributed by atoms with van der Waals surface area (Å²) in [6, 6.07) is 10.7. The van der Waals surface area contributed by atoms with E-state index in [0.717, 1.165) is 36.5 Å². The summed E-state index contributed by atoms with van der Waals surface area (Å²) < 4.78 is 10.8. The first-order valence-electron chi connectivity index (χ1n) is 8.57.